The highest BCUT2D eigenvalue weighted by molar-refractivity contribution is 5.28. The quantitative estimate of drug-likeness (QED) is 0.738. The molecule has 1 saturated heterocycles. The molecule has 0 aliphatic carbocycles. The van der Waals surface area contributed by atoms with E-state index in [9.17, 15) is 0 Å². The SMILES string of the molecule is c1ccc([C@@H]2CCCN2Cc2cnn(-c3ccccc3)n2)cc1. The minimum Gasteiger partial charge on any atom is -0.290 e. The van der Waals surface area contributed by atoms with E-state index in [0.29, 0.717) is 6.04 Å². The van der Waals surface area contributed by atoms with Crippen molar-refractivity contribution < 1.29 is 0 Å². The first-order valence-electron chi connectivity index (χ1n) is 8.16. The summed E-state index contributed by atoms with van der Waals surface area (Å²) in [6.45, 7) is 1.98. The van der Waals surface area contributed by atoms with Crippen molar-refractivity contribution in [2.24, 2.45) is 0 Å². The van der Waals surface area contributed by atoms with Gasteiger partial charge in [-0.2, -0.15) is 15.0 Å². The summed E-state index contributed by atoms with van der Waals surface area (Å²) in [5.41, 5.74) is 3.43. The van der Waals surface area contributed by atoms with Crippen molar-refractivity contribution in [2.75, 3.05) is 6.54 Å². The minimum atomic E-state index is 0.498. The van der Waals surface area contributed by atoms with E-state index >= 15 is 0 Å². The second-order valence-electron chi connectivity index (χ2n) is 6.00. The maximum Gasteiger partial charge on any atom is 0.0972 e. The highest BCUT2D eigenvalue weighted by atomic mass is 15.5. The van der Waals surface area contributed by atoms with Gasteiger partial charge >= 0.3 is 0 Å². The summed E-state index contributed by atoms with van der Waals surface area (Å²) in [6.07, 6.45) is 4.34. The molecule has 1 aliphatic heterocycles. The zero-order chi connectivity index (χ0) is 15.5. The zero-order valence-electron chi connectivity index (χ0n) is 13.0. The molecule has 23 heavy (non-hydrogen) atoms. The molecule has 2 heterocycles. The first-order valence-corrected chi connectivity index (χ1v) is 8.16. The van der Waals surface area contributed by atoms with E-state index in [1.54, 1.807) is 4.80 Å². The van der Waals surface area contributed by atoms with Gasteiger partial charge in [0.25, 0.3) is 0 Å². The van der Waals surface area contributed by atoms with Crippen LogP contribution >= 0.6 is 0 Å². The van der Waals surface area contributed by atoms with E-state index < -0.39 is 0 Å². The van der Waals surface area contributed by atoms with Crippen LogP contribution in [-0.4, -0.2) is 26.4 Å². The van der Waals surface area contributed by atoms with E-state index in [1.807, 2.05) is 36.5 Å². The number of rotatable bonds is 4. The number of hydrogen-bond donors (Lipinski definition) is 0. The van der Waals surface area contributed by atoms with Gasteiger partial charge in [0.1, 0.15) is 0 Å². The van der Waals surface area contributed by atoms with E-state index in [1.165, 1.54) is 18.4 Å². The van der Waals surface area contributed by atoms with Gasteiger partial charge in [-0.3, -0.25) is 4.90 Å². The molecule has 4 heteroatoms. The Balaban J connectivity index is 1.51. The van der Waals surface area contributed by atoms with E-state index in [-0.39, 0.29) is 0 Å². The molecule has 0 radical (unpaired) electrons. The van der Waals surface area contributed by atoms with Crippen molar-refractivity contribution in [3.8, 4) is 5.69 Å². The molecule has 1 aliphatic rings. The Bertz CT molecular complexity index is 751. The van der Waals surface area contributed by atoms with Crippen LogP contribution in [0.25, 0.3) is 5.69 Å². The Hall–Kier alpha value is -2.46. The lowest BCUT2D eigenvalue weighted by atomic mass is 10.0. The van der Waals surface area contributed by atoms with Gasteiger partial charge in [0, 0.05) is 12.6 Å². The number of hydrogen-bond acceptors (Lipinski definition) is 3. The third-order valence-corrected chi connectivity index (χ3v) is 4.44. The Morgan fingerprint density at radius 3 is 2.48 bits per heavy atom. The second-order valence-corrected chi connectivity index (χ2v) is 6.00. The number of nitrogens with zero attached hydrogens (tertiary/aromatic N) is 4. The fraction of sp³-hybridized carbons (Fsp3) is 0.263. The van der Waals surface area contributed by atoms with Crippen molar-refractivity contribution in [1.29, 1.82) is 0 Å². The average Bonchev–Trinajstić information content (AvgIpc) is 3.26. The molecule has 4 rings (SSSR count). The first-order chi connectivity index (χ1) is 11.4. The van der Waals surface area contributed by atoms with Crippen LogP contribution in [0.2, 0.25) is 0 Å². The van der Waals surface area contributed by atoms with Gasteiger partial charge in [0.2, 0.25) is 0 Å². The van der Waals surface area contributed by atoms with Crippen molar-refractivity contribution in [3.63, 3.8) is 0 Å². The second kappa shape index (κ2) is 6.34. The number of benzene rings is 2. The van der Waals surface area contributed by atoms with E-state index in [4.69, 9.17) is 0 Å². The Labute approximate surface area is 136 Å². The van der Waals surface area contributed by atoms with Crippen molar-refractivity contribution in [1.82, 2.24) is 19.9 Å². The molecule has 1 aromatic heterocycles. The van der Waals surface area contributed by atoms with Gasteiger partial charge in [-0.15, -0.1) is 0 Å². The van der Waals surface area contributed by atoms with Crippen LogP contribution in [0.4, 0.5) is 0 Å². The largest absolute Gasteiger partial charge is 0.290 e. The molecule has 3 aromatic rings. The van der Waals surface area contributed by atoms with Crippen molar-refractivity contribution in [3.05, 3.63) is 78.1 Å². The highest BCUT2D eigenvalue weighted by Crippen LogP contribution is 2.32. The molecular formula is C19H20N4. The molecule has 1 atom stereocenters. The molecule has 0 N–H and O–H groups in total. The Morgan fingerprint density at radius 1 is 0.957 bits per heavy atom. The third-order valence-electron chi connectivity index (χ3n) is 4.44. The third kappa shape index (κ3) is 3.03. The smallest absolute Gasteiger partial charge is 0.0972 e. The predicted molar refractivity (Wildman–Crippen MR) is 90.2 cm³/mol. The minimum absolute atomic E-state index is 0.498. The summed E-state index contributed by atoms with van der Waals surface area (Å²) >= 11 is 0. The number of aromatic nitrogens is 3. The van der Waals surface area contributed by atoms with Crippen LogP contribution in [0.1, 0.15) is 30.1 Å². The molecule has 0 unspecified atom stereocenters. The predicted octanol–water partition coefficient (Wildman–Crippen LogP) is 3.60. The van der Waals surface area contributed by atoms with Crippen molar-refractivity contribution in [2.45, 2.75) is 25.4 Å². The van der Waals surface area contributed by atoms with Gasteiger partial charge in [-0.05, 0) is 37.1 Å². The van der Waals surface area contributed by atoms with Gasteiger partial charge in [0.15, 0.2) is 0 Å². The molecule has 0 bridgehead atoms. The summed E-state index contributed by atoms with van der Waals surface area (Å²) in [7, 11) is 0. The van der Waals surface area contributed by atoms with Crippen LogP contribution in [0.5, 0.6) is 0 Å². The fourth-order valence-electron chi connectivity index (χ4n) is 3.33. The van der Waals surface area contributed by atoms with E-state index in [0.717, 1.165) is 24.5 Å². The molecule has 0 amide bonds. The summed E-state index contributed by atoms with van der Waals surface area (Å²) in [5, 5.41) is 9.04. The lowest BCUT2D eigenvalue weighted by Gasteiger charge is -2.23. The molecule has 116 valence electrons. The summed E-state index contributed by atoms with van der Waals surface area (Å²) < 4.78 is 0. The topological polar surface area (TPSA) is 34.0 Å². The van der Waals surface area contributed by atoms with Gasteiger partial charge < -0.3 is 0 Å². The fourth-order valence-corrected chi connectivity index (χ4v) is 3.33. The lowest BCUT2D eigenvalue weighted by molar-refractivity contribution is 0.245. The molecule has 2 aromatic carbocycles. The van der Waals surface area contributed by atoms with Crippen LogP contribution < -0.4 is 0 Å². The first kappa shape index (κ1) is 14.2. The zero-order valence-corrected chi connectivity index (χ0v) is 13.0. The molecular weight excluding hydrogens is 284 g/mol. The van der Waals surface area contributed by atoms with Crippen LogP contribution in [0.3, 0.4) is 0 Å². The lowest BCUT2D eigenvalue weighted by Crippen LogP contribution is -2.23. The number of likely N-dealkylation sites (tertiary alicyclic amines) is 1. The van der Waals surface area contributed by atoms with Crippen LogP contribution in [-0.2, 0) is 6.54 Å². The van der Waals surface area contributed by atoms with Crippen LogP contribution in [0, 0.1) is 0 Å². The van der Waals surface area contributed by atoms with Crippen LogP contribution in [0.15, 0.2) is 66.9 Å². The Kier molecular flexibility index (Phi) is 3.90. The summed E-state index contributed by atoms with van der Waals surface area (Å²) in [6, 6.07) is 21.3. The average molecular weight is 304 g/mol. The molecule has 0 saturated carbocycles. The molecule has 4 nitrogen and oxygen atoms in total. The monoisotopic (exact) mass is 304 g/mol. The van der Waals surface area contributed by atoms with Gasteiger partial charge in [-0.25, -0.2) is 0 Å². The molecule has 1 fully saturated rings. The maximum atomic E-state index is 4.64. The molecule has 0 spiro atoms. The Morgan fingerprint density at radius 2 is 1.70 bits per heavy atom. The maximum absolute atomic E-state index is 4.64. The van der Waals surface area contributed by atoms with Gasteiger partial charge in [0.05, 0.1) is 17.6 Å². The summed E-state index contributed by atoms with van der Waals surface area (Å²) in [5.74, 6) is 0. The normalized spacial score (nSPS) is 18.3. The van der Waals surface area contributed by atoms with E-state index in [2.05, 4.69) is 45.4 Å². The number of para-hydroxylation sites is 1. The van der Waals surface area contributed by atoms with Crippen molar-refractivity contribution >= 4 is 0 Å². The standard InChI is InChI=1S/C19H20N4/c1-3-8-16(9-4-1)19-12-7-13-22(19)15-17-14-20-23(21-17)18-10-5-2-6-11-18/h1-6,8-11,14,19H,7,12-13,15H2/t19-/m0/s1. The summed E-state index contributed by atoms with van der Waals surface area (Å²) in [4.78, 5) is 4.22. The highest BCUT2D eigenvalue weighted by Gasteiger charge is 2.26. The van der Waals surface area contributed by atoms with Gasteiger partial charge in [-0.1, -0.05) is 48.5 Å².